The molecule has 5 rings (SSSR count). The van der Waals surface area contributed by atoms with Gasteiger partial charge in [0.1, 0.15) is 0 Å². The largest absolute Gasteiger partial charge is 0.465 e. The summed E-state index contributed by atoms with van der Waals surface area (Å²) in [6.45, 7) is 1.96. The van der Waals surface area contributed by atoms with Crippen molar-refractivity contribution >= 4 is 11.9 Å². The Balaban J connectivity index is 1.17. The first-order valence-electron chi connectivity index (χ1n) is 12.3. The molecule has 0 spiro atoms. The van der Waals surface area contributed by atoms with Crippen molar-refractivity contribution in [1.29, 1.82) is 0 Å². The Bertz CT molecular complexity index is 1200. The van der Waals surface area contributed by atoms with Gasteiger partial charge in [-0.3, -0.25) is 4.79 Å². The summed E-state index contributed by atoms with van der Waals surface area (Å²) in [7, 11) is 1.36. The van der Waals surface area contributed by atoms with E-state index >= 15 is 0 Å². The van der Waals surface area contributed by atoms with Crippen molar-refractivity contribution in [2.45, 2.75) is 38.0 Å². The van der Waals surface area contributed by atoms with Crippen molar-refractivity contribution in [3.8, 4) is 11.1 Å². The van der Waals surface area contributed by atoms with E-state index in [4.69, 9.17) is 9.47 Å². The van der Waals surface area contributed by atoms with Crippen LogP contribution in [0, 0.1) is 5.92 Å². The number of ether oxygens (including phenoxy) is 2. The molecule has 1 N–H and O–H groups in total. The highest BCUT2D eigenvalue weighted by molar-refractivity contribution is 5.95. The molecule has 0 radical (unpaired) electrons. The summed E-state index contributed by atoms with van der Waals surface area (Å²) < 4.78 is 12.4. The second-order valence-corrected chi connectivity index (χ2v) is 9.43. The minimum atomic E-state index is -0.372. The van der Waals surface area contributed by atoms with E-state index in [1.807, 2.05) is 47.5 Å². The number of aromatic nitrogens is 3. The summed E-state index contributed by atoms with van der Waals surface area (Å²) in [6, 6.07) is 14.6. The lowest BCUT2D eigenvalue weighted by Gasteiger charge is -2.33. The van der Waals surface area contributed by atoms with Crippen LogP contribution in [-0.2, 0) is 22.4 Å². The highest BCUT2D eigenvalue weighted by Crippen LogP contribution is 2.33. The molecular formula is C27H30N4O5. The van der Waals surface area contributed by atoms with E-state index < -0.39 is 0 Å². The number of morpholine rings is 1. The third-order valence-corrected chi connectivity index (χ3v) is 6.76. The predicted molar refractivity (Wildman–Crippen MR) is 131 cm³/mol. The smallest absolute Gasteiger partial charge is 0.337 e. The molecule has 1 aromatic heterocycles. The number of hydrogen-bond donors (Lipinski definition) is 1. The number of nitrogens with zero attached hydrogens (tertiary/aromatic N) is 4. The maximum atomic E-state index is 13.1. The maximum absolute atomic E-state index is 13.1. The van der Waals surface area contributed by atoms with Crippen LogP contribution in [0.4, 0.5) is 0 Å². The Morgan fingerprint density at radius 1 is 1.08 bits per heavy atom. The number of carbonyl (C=O) groups is 2. The van der Waals surface area contributed by atoms with Gasteiger partial charge in [-0.25, -0.2) is 9.48 Å². The van der Waals surface area contributed by atoms with Gasteiger partial charge in [-0.05, 0) is 54.2 Å². The summed E-state index contributed by atoms with van der Waals surface area (Å²) in [5, 5.41) is 18.5. The van der Waals surface area contributed by atoms with E-state index in [2.05, 4.69) is 10.3 Å². The number of aliphatic hydroxyl groups excluding tert-OH is 1. The zero-order valence-corrected chi connectivity index (χ0v) is 20.2. The van der Waals surface area contributed by atoms with E-state index in [1.54, 1.807) is 16.8 Å². The van der Waals surface area contributed by atoms with Gasteiger partial charge in [-0.2, -0.15) is 0 Å². The van der Waals surface area contributed by atoms with Gasteiger partial charge in [0.05, 0.1) is 43.7 Å². The average Bonchev–Trinajstić information content (AvgIpc) is 3.69. The van der Waals surface area contributed by atoms with Crippen molar-refractivity contribution in [1.82, 2.24) is 19.9 Å². The predicted octanol–water partition coefficient (Wildman–Crippen LogP) is 2.59. The lowest BCUT2D eigenvalue weighted by atomic mass is 10.0. The van der Waals surface area contributed by atoms with E-state index in [9.17, 15) is 14.7 Å². The van der Waals surface area contributed by atoms with Crippen LogP contribution >= 0.6 is 0 Å². The van der Waals surface area contributed by atoms with Gasteiger partial charge in [0, 0.05) is 31.3 Å². The van der Waals surface area contributed by atoms with Gasteiger partial charge in [0.25, 0.3) is 5.91 Å². The van der Waals surface area contributed by atoms with E-state index in [-0.39, 0.29) is 24.1 Å². The quantitative estimate of drug-likeness (QED) is 0.484. The minimum absolute atomic E-state index is 0.0391. The van der Waals surface area contributed by atoms with Crippen LogP contribution in [0.1, 0.15) is 39.3 Å². The monoisotopic (exact) mass is 490 g/mol. The molecule has 2 atom stereocenters. The van der Waals surface area contributed by atoms with E-state index in [0.29, 0.717) is 49.7 Å². The van der Waals surface area contributed by atoms with Crippen LogP contribution < -0.4 is 0 Å². The third kappa shape index (κ3) is 5.63. The highest BCUT2D eigenvalue weighted by Gasteiger charge is 2.30. The van der Waals surface area contributed by atoms with Gasteiger partial charge in [0.15, 0.2) is 0 Å². The molecule has 2 unspecified atom stereocenters. The first-order valence-corrected chi connectivity index (χ1v) is 12.3. The van der Waals surface area contributed by atoms with Crippen LogP contribution in [0.25, 0.3) is 11.1 Å². The molecule has 0 bridgehead atoms. The number of methoxy groups -OCH3 is 1. The summed E-state index contributed by atoms with van der Waals surface area (Å²) in [4.78, 5) is 26.6. The Labute approximate surface area is 209 Å². The summed E-state index contributed by atoms with van der Waals surface area (Å²) in [5.74, 6) is -0.0109. The van der Waals surface area contributed by atoms with Gasteiger partial charge in [-0.1, -0.05) is 29.5 Å². The van der Waals surface area contributed by atoms with Crippen molar-refractivity contribution in [2.24, 2.45) is 5.92 Å². The fourth-order valence-electron chi connectivity index (χ4n) is 4.51. The Hall–Kier alpha value is -3.56. The van der Waals surface area contributed by atoms with E-state index in [0.717, 1.165) is 29.7 Å². The Morgan fingerprint density at radius 3 is 2.39 bits per heavy atom. The molecule has 1 aliphatic heterocycles. The molecule has 1 saturated heterocycles. The van der Waals surface area contributed by atoms with Crippen LogP contribution in [0.2, 0.25) is 0 Å². The molecule has 188 valence electrons. The average molecular weight is 491 g/mol. The number of carbonyl (C=O) groups excluding carboxylic acids is 2. The number of aliphatic hydroxyl groups is 1. The molecule has 2 fully saturated rings. The minimum Gasteiger partial charge on any atom is -0.465 e. The molecule has 2 aliphatic rings. The molecule has 2 heterocycles. The Morgan fingerprint density at radius 2 is 1.75 bits per heavy atom. The first kappa shape index (κ1) is 24.1. The second kappa shape index (κ2) is 10.6. The topological polar surface area (TPSA) is 107 Å². The van der Waals surface area contributed by atoms with Gasteiger partial charge >= 0.3 is 5.97 Å². The molecule has 2 aromatic carbocycles. The fourth-order valence-corrected chi connectivity index (χ4v) is 4.51. The van der Waals surface area contributed by atoms with Crippen LogP contribution in [0.3, 0.4) is 0 Å². The van der Waals surface area contributed by atoms with Crippen molar-refractivity contribution in [2.75, 3.05) is 26.8 Å². The van der Waals surface area contributed by atoms with Crippen LogP contribution in [0.15, 0.2) is 54.7 Å². The molecule has 3 aromatic rings. The highest BCUT2D eigenvalue weighted by atomic mass is 16.5. The zero-order chi connectivity index (χ0) is 25.1. The number of rotatable bonds is 8. The lowest BCUT2D eigenvalue weighted by Crippen LogP contribution is -2.47. The van der Waals surface area contributed by atoms with Gasteiger partial charge in [-0.15, -0.1) is 5.10 Å². The molecule has 36 heavy (non-hydrogen) atoms. The van der Waals surface area contributed by atoms with Crippen molar-refractivity contribution in [3.05, 3.63) is 71.5 Å². The number of esters is 1. The van der Waals surface area contributed by atoms with Crippen molar-refractivity contribution < 1.29 is 24.2 Å². The lowest BCUT2D eigenvalue weighted by molar-refractivity contribution is -0.0301. The first-order chi connectivity index (χ1) is 17.5. The molecule has 9 nitrogen and oxygen atoms in total. The normalized spacial score (nSPS) is 18.6. The maximum Gasteiger partial charge on any atom is 0.337 e. The molecular weight excluding hydrogens is 460 g/mol. The van der Waals surface area contributed by atoms with Crippen LogP contribution in [0.5, 0.6) is 0 Å². The SMILES string of the molecule is COC(=O)c1ccc(-c2ccc(C(=O)N3CCOC(Cn4cc(CC(O)C5CC5)nn4)C3)cc2)cc1. The van der Waals surface area contributed by atoms with E-state index in [1.165, 1.54) is 7.11 Å². The van der Waals surface area contributed by atoms with Gasteiger partial charge in [0.2, 0.25) is 0 Å². The fraction of sp³-hybridized carbons (Fsp3) is 0.407. The Kier molecular flexibility index (Phi) is 7.11. The van der Waals surface area contributed by atoms with Gasteiger partial charge < -0.3 is 19.5 Å². The zero-order valence-electron chi connectivity index (χ0n) is 20.2. The number of amides is 1. The molecule has 1 aliphatic carbocycles. The molecule has 9 heteroatoms. The summed E-state index contributed by atoms with van der Waals surface area (Å²) in [5.41, 5.74) is 3.79. The summed E-state index contributed by atoms with van der Waals surface area (Å²) >= 11 is 0. The summed E-state index contributed by atoms with van der Waals surface area (Å²) in [6.07, 6.45) is 4.01. The second-order valence-electron chi connectivity index (χ2n) is 9.43. The molecule has 1 saturated carbocycles. The molecule has 1 amide bonds. The third-order valence-electron chi connectivity index (χ3n) is 6.76. The van der Waals surface area contributed by atoms with Crippen LogP contribution in [-0.4, -0.2) is 75.9 Å². The standard InChI is InChI=1S/C27H30N4O5/c1-35-27(34)22-10-4-19(5-11-22)18-2-8-21(9-3-18)26(33)30-12-13-36-24(16-30)17-31-15-23(28-29-31)14-25(32)20-6-7-20/h2-5,8-11,15,20,24-25,32H,6-7,12-14,16-17H2,1H3. The van der Waals surface area contributed by atoms with Crippen molar-refractivity contribution in [3.63, 3.8) is 0 Å². The number of hydrogen-bond acceptors (Lipinski definition) is 7. The number of benzene rings is 2.